The van der Waals surface area contributed by atoms with E-state index in [1.165, 1.54) is 0 Å². The summed E-state index contributed by atoms with van der Waals surface area (Å²) in [7, 11) is 0. The molecule has 0 heterocycles. The molecule has 22 heavy (non-hydrogen) atoms. The van der Waals surface area contributed by atoms with Gasteiger partial charge in [0.05, 0.1) is 6.04 Å². The smallest absolute Gasteiger partial charge is 0.405 e. The predicted octanol–water partition coefficient (Wildman–Crippen LogP) is 2.26. The fourth-order valence-electron chi connectivity index (χ4n) is 2.08. The van der Waals surface area contributed by atoms with Gasteiger partial charge >= 0.3 is 6.09 Å². The maximum atomic E-state index is 12.1. The molecule has 6 heteroatoms. The third-order valence-electron chi connectivity index (χ3n) is 3.33. The van der Waals surface area contributed by atoms with E-state index < -0.39 is 23.8 Å². The second-order valence-corrected chi connectivity index (χ2v) is 5.11. The topological polar surface area (TPSA) is 95.5 Å². The lowest BCUT2D eigenvalue weighted by Gasteiger charge is -2.18. The van der Waals surface area contributed by atoms with Crippen molar-refractivity contribution >= 4 is 17.8 Å². The van der Waals surface area contributed by atoms with Crippen molar-refractivity contribution in [3.63, 3.8) is 0 Å². The van der Waals surface area contributed by atoms with Gasteiger partial charge in [0.25, 0.3) is 5.91 Å². The Morgan fingerprint density at radius 2 is 1.77 bits per heavy atom. The maximum absolute atomic E-state index is 12.1. The molecule has 0 aliphatic carbocycles. The molecule has 0 saturated carbocycles. The van der Waals surface area contributed by atoms with Gasteiger partial charge in [-0.1, -0.05) is 50.1 Å². The van der Waals surface area contributed by atoms with Crippen LogP contribution in [0.2, 0.25) is 0 Å². The number of hydrogen-bond acceptors (Lipinski definition) is 3. The van der Waals surface area contributed by atoms with Crippen molar-refractivity contribution in [2.24, 2.45) is 0 Å². The molecule has 120 valence electrons. The van der Waals surface area contributed by atoms with Gasteiger partial charge in [0, 0.05) is 0 Å². The molecule has 6 nitrogen and oxygen atoms in total. The second kappa shape index (κ2) is 8.81. The lowest BCUT2D eigenvalue weighted by molar-refractivity contribution is -0.139. The molecule has 1 aromatic carbocycles. The molecule has 0 aromatic heterocycles. The van der Waals surface area contributed by atoms with E-state index in [1.54, 1.807) is 6.92 Å². The first-order chi connectivity index (χ1) is 10.5. The van der Waals surface area contributed by atoms with Gasteiger partial charge in [-0.05, 0) is 18.9 Å². The minimum absolute atomic E-state index is 0.314. The third kappa shape index (κ3) is 5.55. The normalized spacial score (nSPS) is 13.0. The van der Waals surface area contributed by atoms with E-state index in [2.05, 4.69) is 10.6 Å². The first kappa shape index (κ1) is 17.7. The van der Waals surface area contributed by atoms with Crippen LogP contribution in [0.4, 0.5) is 4.79 Å². The van der Waals surface area contributed by atoms with Crippen molar-refractivity contribution < 1.29 is 19.5 Å². The average molecular weight is 306 g/mol. The number of carboxylic acid groups (broad SMARTS) is 1. The molecule has 1 unspecified atom stereocenters. The lowest BCUT2D eigenvalue weighted by atomic mass is 10.0. The van der Waals surface area contributed by atoms with Gasteiger partial charge in [-0.3, -0.25) is 9.59 Å². The summed E-state index contributed by atoms with van der Waals surface area (Å²) in [6.07, 6.45) is 0.485. The molecule has 0 fully saturated rings. The molecule has 0 spiro atoms. The highest BCUT2D eigenvalue weighted by Gasteiger charge is 2.27. The van der Waals surface area contributed by atoms with Gasteiger partial charge in [0.2, 0.25) is 5.78 Å². The number of hydrogen-bond donors (Lipinski definition) is 3. The van der Waals surface area contributed by atoms with Crippen molar-refractivity contribution in [2.75, 3.05) is 0 Å². The van der Waals surface area contributed by atoms with Gasteiger partial charge in [-0.25, -0.2) is 4.79 Å². The lowest BCUT2D eigenvalue weighted by Crippen LogP contribution is -2.47. The predicted molar refractivity (Wildman–Crippen MR) is 82.5 cm³/mol. The minimum atomic E-state index is -1.31. The molecule has 1 aromatic rings. The van der Waals surface area contributed by atoms with Crippen LogP contribution in [0.1, 0.15) is 44.7 Å². The highest BCUT2D eigenvalue weighted by molar-refractivity contribution is 6.38. The summed E-state index contributed by atoms with van der Waals surface area (Å²) >= 11 is 0. The highest BCUT2D eigenvalue weighted by atomic mass is 16.4. The molecule has 0 bridgehead atoms. The monoisotopic (exact) mass is 306 g/mol. The Morgan fingerprint density at radius 3 is 2.32 bits per heavy atom. The van der Waals surface area contributed by atoms with Crippen LogP contribution in [0.5, 0.6) is 0 Å². The van der Waals surface area contributed by atoms with Gasteiger partial charge in [0.1, 0.15) is 6.04 Å². The van der Waals surface area contributed by atoms with Gasteiger partial charge in [0.15, 0.2) is 0 Å². The summed E-state index contributed by atoms with van der Waals surface area (Å²) in [5.74, 6) is -1.52. The van der Waals surface area contributed by atoms with Crippen LogP contribution in [0.3, 0.4) is 0 Å². The zero-order chi connectivity index (χ0) is 16.5. The molecule has 0 aliphatic rings. The maximum Gasteiger partial charge on any atom is 0.405 e. The fraction of sp³-hybridized carbons (Fsp3) is 0.438. The van der Waals surface area contributed by atoms with Crippen molar-refractivity contribution in [1.29, 1.82) is 0 Å². The summed E-state index contributed by atoms with van der Waals surface area (Å²) in [6, 6.07) is 7.92. The molecule has 0 aliphatic heterocycles. The van der Waals surface area contributed by atoms with Crippen LogP contribution < -0.4 is 10.6 Å². The van der Waals surface area contributed by atoms with Gasteiger partial charge in [-0.2, -0.15) is 0 Å². The number of Topliss-reactive ketones (excluding diaryl/α,β-unsaturated/α-hetero) is 1. The number of carbonyl (C=O) groups is 3. The quantitative estimate of drug-likeness (QED) is 0.642. The molecule has 0 radical (unpaired) electrons. The third-order valence-corrected chi connectivity index (χ3v) is 3.33. The number of ketones is 1. The van der Waals surface area contributed by atoms with E-state index in [0.717, 1.165) is 12.0 Å². The number of carbonyl (C=O) groups excluding carboxylic acids is 2. The molecule has 2 amide bonds. The van der Waals surface area contributed by atoms with Crippen LogP contribution in [0.15, 0.2) is 30.3 Å². The Bertz CT molecular complexity index is 516. The number of unbranched alkanes of at least 4 members (excludes halogenated alkanes) is 1. The number of amides is 2. The average Bonchev–Trinajstić information content (AvgIpc) is 2.51. The zero-order valence-electron chi connectivity index (χ0n) is 12.8. The SMILES string of the molecule is CCCC[C@H](NC(=O)O)C(=O)C(=O)NC(C)c1ccccc1. The van der Waals surface area contributed by atoms with Crippen LogP contribution in [-0.4, -0.2) is 28.9 Å². The van der Waals surface area contributed by atoms with E-state index in [4.69, 9.17) is 5.11 Å². The Balaban J connectivity index is 2.68. The van der Waals surface area contributed by atoms with E-state index in [-0.39, 0.29) is 6.04 Å². The van der Waals surface area contributed by atoms with Gasteiger partial charge < -0.3 is 15.7 Å². The fourth-order valence-corrected chi connectivity index (χ4v) is 2.08. The van der Waals surface area contributed by atoms with Crippen LogP contribution in [0, 0.1) is 0 Å². The summed E-state index contributed by atoms with van der Waals surface area (Å²) < 4.78 is 0. The van der Waals surface area contributed by atoms with Gasteiger partial charge in [-0.15, -0.1) is 0 Å². The molecular weight excluding hydrogens is 284 g/mol. The Labute approximate surface area is 129 Å². The summed E-state index contributed by atoms with van der Waals surface area (Å²) in [5, 5.41) is 13.5. The van der Waals surface area contributed by atoms with Crippen LogP contribution >= 0.6 is 0 Å². The van der Waals surface area contributed by atoms with Crippen LogP contribution in [0.25, 0.3) is 0 Å². The second-order valence-electron chi connectivity index (χ2n) is 5.11. The van der Waals surface area contributed by atoms with Crippen LogP contribution in [-0.2, 0) is 9.59 Å². The van der Waals surface area contributed by atoms with Crippen molar-refractivity contribution in [3.05, 3.63) is 35.9 Å². The minimum Gasteiger partial charge on any atom is -0.465 e. The standard InChI is InChI=1S/C16H22N2O4/c1-3-4-10-13(18-16(21)22)14(19)15(20)17-11(2)12-8-6-5-7-9-12/h5-9,11,13,18H,3-4,10H2,1-2H3,(H,17,20)(H,21,22)/t11?,13-/m0/s1. The van der Waals surface area contributed by atoms with Crippen molar-refractivity contribution in [2.45, 2.75) is 45.2 Å². The number of benzene rings is 1. The van der Waals surface area contributed by atoms with E-state index in [0.29, 0.717) is 12.8 Å². The van der Waals surface area contributed by atoms with Crippen molar-refractivity contribution in [3.8, 4) is 0 Å². The first-order valence-corrected chi connectivity index (χ1v) is 7.34. The van der Waals surface area contributed by atoms with E-state index in [9.17, 15) is 14.4 Å². The van der Waals surface area contributed by atoms with Crippen molar-refractivity contribution in [1.82, 2.24) is 10.6 Å². The summed E-state index contributed by atoms with van der Waals surface area (Å²) in [5.41, 5.74) is 0.875. The Morgan fingerprint density at radius 1 is 1.14 bits per heavy atom. The van der Waals surface area contributed by atoms with E-state index >= 15 is 0 Å². The Kier molecular flexibility index (Phi) is 7.08. The number of nitrogens with one attached hydrogen (secondary N) is 2. The summed E-state index contributed by atoms with van der Waals surface area (Å²) in [4.78, 5) is 34.9. The molecule has 1 rings (SSSR count). The number of rotatable bonds is 8. The first-order valence-electron chi connectivity index (χ1n) is 7.34. The molecular formula is C16H22N2O4. The molecule has 2 atom stereocenters. The summed E-state index contributed by atoms with van der Waals surface area (Å²) in [6.45, 7) is 3.70. The Hall–Kier alpha value is -2.37. The molecule has 3 N–H and O–H groups in total. The zero-order valence-corrected chi connectivity index (χ0v) is 12.8. The highest BCUT2D eigenvalue weighted by Crippen LogP contribution is 2.11. The molecule has 0 saturated heterocycles. The van der Waals surface area contributed by atoms with E-state index in [1.807, 2.05) is 37.3 Å². The largest absolute Gasteiger partial charge is 0.465 e.